The van der Waals surface area contributed by atoms with Crippen molar-refractivity contribution in [3.63, 3.8) is 0 Å². The molecule has 0 amide bonds. The SMILES string of the molecule is CC(=O)c1cn2nc(Br)nc2cc1Cl. The van der Waals surface area contributed by atoms with E-state index in [4.69, 9.17) is 11.6 Å². The van der Waals surface area contributed by atoms with E-state index in [1.807, 2.05) is 0 Å². The molecule has 0 aliphatic rings. The molecule has 0 radical (unpaired) electrons. The van der Waals surface area contributed by atoms with Crippen LogP contribution in [-0.4, -0.2) is 20.4 Å². The molecule has 0 saturated heterocycles. The van der Waals surface area contributed by atoms with Gasteiger partial charge in [0.25, 0.3) is 0 Å². The largest absolute Gasteiger partial charge is 0.294 e. The van der Waals surface area contributed by atoms with E-state index in [0.717, 1.165) is 0 Å². The van der Waals surface area contributed by atoms with E-state index in [1.165, 1.54) is 11.4 Å². The summed E-state index contributed by atoms with van der Waals surface area (Å²) in [5, 5.41) is 4.40. The summed E-state index contributed by atoms with van der Waals surface area (Å²) in [6.07, 6.45) is 1.57. The predicted molar refractivity (Wildman–Crippen MR) is 55.7 cm³/mol. The normalized spacial score (nSPS) is 10.8. The fraction of sp³-hybridized carbons (Fsp3) is 0.125. The zero-order valence-corrected chi connectivity index (χ0v) is 9.50. The number of rotatable bonds is 1. The van der Waals surface area contributed by atoms with Gasteiger partial charge in [-0.1, -0.05) is 11.6 Å². The van der Waals surface area contributed by atoms with Crippen molar-refractivity contribution in [2.24, 2.45) is 0 Å². The monoisotopic (exact) mass is 273 g/mol. The van der Waals surface area contributed by atoms with Gasteiger partial charge in [0.05, 0.1) is 10.6 Å². The second kappa shape index (κ2) is 3.33. The highest BCUT2D eigenvalue weighted by Crippen LogP contribution is 2.19. The first kappa shape index (κ1) is 9.61. The number of carbonyl (C=O) groups is 1. The summed E-state index contributed by atoms with van der Waals surface area (Å²) < 4.78 is 1.97. The van der Waals surface area contributed by atoms with Gasteiger partial charge in [-0.15, -0.1) is 5.10 Å². The molecule has 2 aromatic heterocycles. The number of fused-ring (bicyclic) bond motifs is 1. The molecule has 0 N–H and O–H groups in total. The van der Waals surface area contributed by atoms with Gasteiger partial charge in [0, 0.05) is 12.3 Å². The molecule has 6 heteroatoms. The van der Waals surface area contributed by atoms with Crippen molar-refractivity contribution in [3.8, 4) is 0 Å². The lowest BCUT2D eigenvalue weighted by molar-refractivity contribution is 0.101. The zero-order chi connectivity index (χ0) is 10.3. The number of pyridine rings is 1. The van der Waals surface area contributed by atoms with Crippen LogP contribution in [0.15, 0.2) is 17.0 Å². The van der Waals surface area contributed by atoms with Crippen molar-refractivity contribution >= 4 is 39.0 Å². The Kier molecular flexibility index (Phi) is 2.28. The van der Waals surface area contributed by atoms with E-state index in [1.54, 1.807) is 12.3 Å². The first-order valence-corrected chi connectivity index (χ1v) is 4.97. The maximum absolute atomic E-state index is 11.2. The number of ketones is 1. The zero-order valence-electron chi connectivity index (χ0n) is 7.16. The van der Waals surface area contributed by atoms with E-state index in [2.05, 4.69) is 26.0 Å². The summed E-state index contributed by atoms with van der Waals surface area (Å²) in [4.78, 5) is 15.2. The minimum Gasteiger partial charge on any atom is -0.294 e. The molecule has 0 spiro atoms. The average Bonchev–Trinajstić information content (AvgIpc) is 2.42. The summed E-state index contributed by atoms with van der Waals surface area (Å²) in [7, 11) is 0. The first-order chi connectivity index (χ1) is 6.58. The molecule has 0 bridgehead atoms. The van der Waals surface area contributed by atoms with Crippen LogP contribution in [0, 0.1) is 0 Å². The highest BCUT2D eigenvalue weighted by atomic mass is 79.9. The Hall–Kier alpha value is -0.940. The van der Waals surface area contributed by atoms with Gasteiger partial charge in [0.15, 0.2) is 11.4 Å². The van der Waals surface area contributed by atoms with Crippen LogP contribution in [0.2, 0.25) is 5.02 Å². The third-order valence-corrected chi connectivity index (χ3v) is 2.42. The number of hydrogen-bond acceptors (Lipinski definition) is 3. The molecule has 0 atom stereocenters. The smallest absolute Gasteiger partial charge is 0.218 e. The predicted octanol–water partition coefficient (Wildman–Crippen LogP) is 2.35. The van der Waals surface area contributed by atoms with Gasteiger partial charge in [0.1, 0.15) is 0 Å². The molecule has 0 aliphatic heterocycles. The van der Waals surface area contributed by atoms with Crippen LogP contribution in [0.4, 0.5) is 0 Å². The first-order valence-electron chi connectivity index (χ1n) is 3.80. The Morgan fingerprint density at radius 1 is 1.64 bits per heavy atom. The van der Waals surface area contributed by atoms with Crippen LogP contribution in [0.1, 0.15) is 17.3 Å². The van der Waals surface area contributed by atoms with Gasteiger partial charge in [-0.2, -0.15) is 0 Å². The second-order valence-electron chi connectivity index (χ2n) is 2.77. The number of nitrogens with zero attached hydrogens (tertiary/aromatic N) is 3. The van der Waals surface area contributed by atoms with Crippen molar-refractivity contribution in [1.29, 1.82) is 0 Å². The van der Waals surface area contributed by atoms with Gasteiger partial charge >= 0.3 is 0 Å². The summed E-state index contributed by atoms with van der Waals surface area (Å²) in [6.45, 7) is 1.46. The highest BCUT2D eigenvalue weighted by Gasteiger charge is 2.09. The van der Waals surface area contributed by atoms with E-state index >= 15 is 0 Å². The van der Waals surface area contributed by atoms with E-state index in [-0.39, 0.29) is 5.78 Å². The van der Waals surface area contributed by atoms with E-state index in [0.29, 0.717) is 21.0 Å². The molecule has 2 aromatic rings. The fourth-order valence-electron chi connectivity index (χ4n) is 1.14. The summed E-state index contributed by atoms with van der Waals surface area (Å²) in [5.74, 6) is -0.0940. The molecule has 72 valence electrons. The fourth-order valence-corrected chi connectivity index (χ4v) is 1.77. The molecule has 0 unspecified atom stereocenters. The lowest BCUT2D eigenvalue weighted by atomic mass is 10.2. The van der Waals surface area contributed by atoms with Gasteiger partial charge in [-0.3, -0.25) is 4.79 Å². The van der Waals surface area contributed by atoms with E-state index < -0.39 is 0 Å². The van der Waals surface area contributed by atoms with Crippen LogP contribution in [-0.2, 0) is 0 Å². The van der Waals surface area contributed by atoms with E-state index in [9.17, 15) is 4.79 Å². The molecular formula is C8H5BrClN3O. The third-order valence-electron chi connectivity index (χ3n) is 1.78. The number of carbonyl (C=O) groups excluding carboxylic acids is 1. The van der Waals surface area contributed by atoms with Crippen molar-refractivity contribution in [1.82, 2.24) is 14.6 Å². The molecule has 0 saturated carbocycles. The molecular weight excluding hydrogens is 269 g/mol. The average molecular weight is 275 g/mol. The third kappa shape index (κ3) is 1.53. The van der Waals surface area contributed by atoms with Crippen molar-refractivity contribution in [2.75, 3.05) is 0 Å². The number of Topliss-reactive ketones (excluding diaryl/α,β-unsaturated/α-hetero) is 1. The number of aromatic nitrogens is 3. The van der Waals surface area contributed by atoms with Crippen LogP contribution in [0.25, 0.3) is 5.65 Å². The van der Waals surface area contributed by atoms with Gasteiger partial charge < -0.3 is 0 Å². The molecule has 4 nitrogen and oxygen atoms in total. The molecule has 2 heterocycles. The van der Waals surface area contributed by atoms with Crippen molar-refractivity contribution in [3.05, 3.63) is 27.6 Å². The van der Waals surface area contributed by atoms with Crippen LogP contribution < -0.4 is 0 Å². The minimum atomic E-state index is -0.0940. The standard InChI is InChI=1S/C8H5BrClN3O/c1-4(14)5-3-13-7(2-6(5)10)11-8(9)12-13/h2-3H,1H3. The molecule has 0 aromatic carbocycles. The maximum Gasteiger partial charge on any atom is 0.218 e. The molecule has 2 rings (SSSR count). The Balaban J connectivity index is 2.76. The number of halogens is 2. The maximum atomic E-state index is 11.2. The Bertz CT molecular complexity index is 523. The van der Waals surface area contributed by atoms with Gasteiger partial charge in [0.2, 0.25) is 4.73 Å². The van der Waals surface area contributed by atoms with Crippen LogP contribution in [0.3, 0.4) is 0 Å². The van der Waals surface area contributed by atoms with Crippen LogP contribution >= 0.6 is 27.5 Å². The molecule has 0 aliphatic carbocycles. The van der Waals surface area contributed by atoms with Gasteiger partial charge in [-0.25, -0.2) is 9.50 Å². The highest BCUT2D eigenvalue weighted by molar-refractivity contribution is 9.10. The summed E-state index contributed by atoms with van der Waals surface area (Å²) in [6, 6.07) is 1.61. The van der Waals surface area contributed by atoms with Crippen molar-refractivity contribution < 1.29 is 4.79 Å². The Morgan fingerprint density at radius 2 is 2.36 bits per heavy atom. The Labute approximate surface area is 93.0 Å². The lowest BCUT2D eigenvalue weighted by Gasteiger charge is -1.99. The summed E-state index contributed by atoms with van der Waals surface area (Å²) in [5.41, 5.74) is 1.04. The van der Waals surface area contributed by atoms with Gasteiger partial charge in [-0.05, 0) is 22.9 Å². The lowest BCUT2D eigenvalue weighted by Crippen LogP contribution is -1.98. The topological polar surface area (TPSA) is 47.3 Å². The number of hydrogen-bond donors (Lipinski definition) is 0. The minimum absolute atomic E-state index is 0.0940. The van der Waals surface area contributed by atoms with Crippen LogP contribution in [0.5, 0.6) is 0 Å². The van der Waals surface area contributed by atoms with Crippen molar-refractivity contribution in [2.45, 2.75) is 6.92 Å². The molecule has 14 heavy (non-hydrogen) atoms. The second-order valence-corrected chi connectivity index (χ2v) is 3.89. The Morgan fingerprint density at radius 3 is 3.00 bits per heavy atom. The summed E-state index contributed by atoms with van der Waals surface area (Å²) >= 11 is 9.03. The molecule has 0 fully saturated rings. The quantitative estimate of drug-likeness (QED) is 0.750.